The number of fused-ring (bicyclic) bond motifs is 1. The van der Waals surface area contributed by atoms with E-state index in [4.69, 9.17) is 4.74 Å². The van der Waals surface area contributed by atoms with E-state index < -0.39 is 22.8 Å². The van der Waals surface area contributed by atoms with Gasteiger partial charge in [-0.2, -0.15) is 0 Å². The number of halogens is 1. The number of aromatic nitrogens is 2. The Balaban J connectivity index is 1.42. The highest BCUT2D eigenvalue weighted by molar-refractivity contribution is 5.97. The number of hydrogen-bond donors (Lipinski definition) is 1. The van der Waals surface area contributed by atoms with E-state index in [9.17, 15) is 14.7 Å². The Labute approximate surface area is 249 Å². The van der Waals surface area contributed by atoms with Crippen LogP contribution in [0.15, 0.2) is 65.7 Å². The van der Waals surface area contributed by atoms with Gasteiger partial charge in [-0.15, -0.1) is 0 Å². The van der Waals surface area contributed by atoms with E-state index in [0.29, 0.717) is 30.8 Å². The first kappa shape index (κ1) is 28.7. The largest absolute Gasteiger partial charge is 0.492 e. The summed E-state index contributed by atoms with van der Waals surface area (Å²) in [5.41, 5.74) is 1.22. The minimum atomic E-state index is -1.37. The van der Waals surface area contributed by atoms with Crippen molar-refractivity contribution in [1.82, 2.24) is 14.5 Å². The molecule has 2 fully saturated rings. The highest BCUT2D eigenvalue weighted by Crippen LogP contribution is 2.39. The second kappa shape index (κ2) is 12.4. The molecule has 9 nitrogen and oxygen atoms in total. The highest BCUT2D eigenvalue weighted by Gasteiger charge is 2.27. The summed E-state index contributed by atoms with van der Waals surface area (Å²) in [5.74, 6) is -0.923. The molecule has 0 atom stereocenters. The molecule has 0 amide bonds. The van der Waals surface area contributed by atoms with Crippen LogP contribution in [-0.4, -0.2) is 71.9 Å². The molecule has 4 heterocycles. The third kappa shape index (κ3) is 5.79. The zero-order valence-electron chi connectivity index (χ0n) is 24.3. The summed E-state index contributed by atoms with van der Waals surface area (Å²) in [7, 11) is 1.46. The van der Waals surface area contributed by atoms with E-state index in [1.165, 1.54) is 32.6 Å². The molecule has 4 aromatic rings. The molecule has 0 radical (unpaired) electrons. The maximum Gasteiger partial charge on any atom is 0.341 e. The zero-order valence-corrected chi connectivity index (χ0v) is 24.3. The molecule has 2 aliphatic heterocycles. The fourth-order valence-corrected chi connectivity index (χ4v) is 6.31. The first-order valence-corrected chi connectivity index (χ1v) is 14.9. The Morgan fingerprint density at radius 2 is 1.70 bits per heavy atom. The number of rotatable bonds is 7. The number of pyridine rings is 2. The van der Waals surface area contributed by atoms with Gasteiger partial charge >= 0.3 is 5.97 Å². The van der Waals surface area contributed by atoms with Crippen molar-refractivity contribution in [3.8, 4) is 11.4 Å². The van der Waals surface area contributed by atoms with Crippen molar-refractivity contribution in [1.29, 1.82) is 0 Å². The molecular weight excluding hydrogens is 549 g/mol. The first-order valence-electron chi connectivity index (χ1n) is 14.9. The fourth-order valence-electron chi connectivity index (χ4n) is 6.31. The first-order chi connectivity index (χ1) is 20.9. The molecule has 2 aliphatic rings. The van der Waals surface area contributed by atoms with Crippen LogP contribution in [0.3, 0.4) is 0 Å². The molecule has 6 rings (SSSR count). The van der Waals surface area contributed by atoms with Crippen LogP contribution in [0.2, 0.25) is 0 Å². The standard InChI is InChI=1S/C33H36FN5O4/c1-43-32-29-25(20-27(34)30(32)38-17-7-16-37(18-19-38)28-8-3-4-13-35-28)31(40)26(33(41)42)22-39(29)24-11-9-23(10-12-24)21-36-14-5-2-6-15-36/h3-4,8-13,20,22H,2,5-7,14-19,21H2,1H3,(H,41,42). The van der Waals surface area contributed by atoms with Gasteiger partial charge < -0.3 is 24.2 Å². The number of anilines is 2. The molecule has 0 aliphatic carbocycles. The number of benzene rings is 2. The number of nitrogens with zero attached hydrogens (tertiary/aromatic N) is 5. The number of carboxylic acid groups (broad SMARTS) is 1. The summed E-state index contributed by atoms with van der Waals surface area (Å²) >= 11 is 0. The van der Waals surface area contributed by atoms with Crippen molar-refractivity contribution in [2.75, 3.05) is 56.2 Å². The Hall–Kier alpha value is -4.44. The molecule has 2 aromatic carbocycles. The van der Waals surface area contributed by atoms with Gasteiger partial charge in [0, 0.05) is 50.8 Å². The van der Waals surface area contributed by atoms with Crippen LogP contribution >= 0.6 is 0 Å². The summed E-state index contributed by atoms with van der Waals surface area (Å²) in [6.45, 7) is 5.48. The van der Waals surface area contributed by atoms with Crippen molar-refractivity contribution in [3.63, 3.8) is 0 Å². The van der Waals surface area contributed by atoms with Crippen LogP contribution in [0.4, 0.5) is 15.9 Å². The van der Waals surface area contributed by atoms with E-state index in [0.717, 1.165) is 50.0 Å². The van der Waals surface area contributed by atoms with E-state index in [2.05, 4.69) is 14.8 Å². The number of hydrogen-bond acceptors (Lipinski definition) is 7. The molecule has 2 aromatic heterocycles. The summed E-state index contributed by atoms with van der Waals surface area (Å²) in [5, 5.41) is 9.82. The van der Waals surface area contributed by atoms with Gasteiger partial charge in [-0.3, -0.25) is 9.69 Å². The molecule has 43 heavy (non-hydrogen) atoms. The number of methoxy groups -OCH3 is 1. The number of ether oxygens (including phenoxy) is 1. The molecule has 224 valence electrons. The Kier molecular flexibility index (Phi) is 8.29. The van der Waals surface area contributed by atoms with Crippen LogP contribution in [0.25, 0.3) is 16.6 Å². The van der Waals surface area contributed by atoms with Crippen LogP contribution in [0.5, 0.6) is 5.75 Å². The van der Waals surface area contributed by atoms with Crippen LogP contribution in [0, 0.1) is 5.82 Å². The van der Waals surface area contributed by atoms with Crippen molar-refractivity contribution in [2.45, 2.75) is 32.2 Å². The molecular formula is C33H36FN5O4. The van der Waals surface area contributed by atoms with Gasteiger partial charge in [-0.1, -0.05) is 24.6 Å². The monoisotopic (exact) mass is 585 g/mol. The maximum atomic E-state index is 16.0. The van der Waals surface area contributed by atoms with Gasteiger partial charge in [-0.05, 0) is 68.2 Å². The number of aromatic carboxylic acids is 1. The lowest BCUT2D eigenvalue weighted by molar-refractivity contribution is 0.0695. The third-order valence-corrected chi connectivity index (χ3v) is 8.46. The summed E-state index contributed by atoms with van der Waals surface area (Å²) in [6.07, 6.45) is 7.52. The number of likely N-dealkylation sites (tertiary alicyclic amines) is 1. The third-order valence-electron chi connectivity index (χ3n) is 8.46. The molecule has 1 N–H and O–H groups in total. The molecule has 10 heteroatoms. The van der Waals surface area contributed by atoms with Gasteiger partial charge in [0.2, 0.25) is 5.43 Å². The van der Waals surface area contributed by atoms with Crippen molar-refractivity contribution in [3.05, 3.63) is 88.1 Å². The van der Waals surface area contributed by atoms with E-state index >= 15 is 4.39 Å². The quantitative estimate of drug-likeness (QED) is 0.327. The molecule has 2 saturated heterocycles. The lowest BCUT2D eigenvalue weighted by Gasteiger charge is -2.28. The minimum absolute atomic E-state index is 0.0414. The predicted molar refractivity (Wildman–Crippen MR) is 165 cm³/mol. The molecule has 0 spiro atoms. The number of piperidine rings is 1. The number of carbonyl (C=O) groups is 1. The summed E-state index contributed by atoms with van der Waals surface area (Å²) < 4.78 is 23.5. The topological polar surface area (TPSA) is 91.1 Å². The smallest absolute Gasteiger partial charge is 0.341 e. The van der Waals surface area contributed by atoms with Crippen molar-refractivity contribution >= 4 is 28.4 Å². The van der Waals surface area contributed by atoms with Gasteiger partial charge in [-0.25, -0.2) is 14.2 Å². The average molecular weight is 586 g/mol. The van der Waals surface area contributed by atoms with Gasteiger partial charge in [0.25, 0.3) is 0 Å². The SMILES string of the molecule is COc1c(N2CCCN(c3ccccn3)CC2)c(F)cc2c(=O)c(C(=O)O)cn(-c3ccc(CN4CCCCC4)cc3)c12. The highest BCUT2D eigenvalue weighted by atomic mass is 19.1. The Morgan fingerprint density at radius 1 is 0.953 bits per heavy atom. The van der Waals surface area contributed by atoms with Gasteiger partial charge in [0.15, 0.2) is 11.6 Å². The van der Waals surface area contributed by atoms with E-state index in [1.54, 1.807) is 10.8 Å². The Morgan fingerprint density at radius 3 is 2.40 bits per heavy atom. The predicted octanol–water partition coefficient (Wildman–Crippen LogP) is 4.93. The van der Waals surface area contributed by atoms with E-state index in [1.807, 2.05) is 47.4 Å². The van der Waals surface area contributed by atoms with Gasteiger partial charge in [0.1, 0.15) is 22.6 Å². The second-order valence-electron chi connectivity index (χ2n) is 11.2. The summed E-state index contributed by atoms with van der Waals surface area (Å²) in [6, 6.07) is 14.8. The Bertz CT molecular complexity index is 1670. The molecule has 0 unspecified atom stereocenters. The van der Waals surface area contributed by atoms with Crippen LogP contribution in [-0.2, 0) is 6.54 Å². The van der Waals surface area contributed by atoms with Crippen LogP contribution in [0.1, 0.15) is 41.6 Å². The fraction of sp³-hybridized carbons (Fsp3) is 0.364. The lowest BCUT2D eigenvalue weighted by Crippen LogP contribution is -2.32. The van der Waals surface area contributed by atoms with Crippen molar-refractivity contribution < 1.29 is 19.0 Å². The molecule has 0 bridgehead atoms. The van der Waals surface area contributed by atoms with Gasteiger partial charge in [0.05, 0.1) is 12.5 Å². The van der Waals surface area contributed by atoms with E-state index in [-0.39, 0.29) is 16.8 Å². The zero-order chi connectivity index (χ0) is 29.9. The number of carboxylic acids is 1. The second-order valence-corrected chi connectivity index (χ2v) is 11.2. The lowest BCUT2D eigenvalue weighted by atomic mass is 10.1. The minimum Gasteiger partial charge on any atom is -0.492 e. The maximum absolute atomic E-state index is 16.0. The molecule has 0 saturated carbocycles. The van der Waals surface area contributed by atoms with Crippen molar-refractivity contribution in [2.24, 2.45) is 0 Å². The normalized spacial score (nSPS) is 16.3. The summed E-state index contributed by atoms with van der Waals surface area (Å²) in [4.78, 5) is 36.5. The average Bonchev–Trinajstić information content (AvgIpc) is 3.28. The van der Waals surface area contributed by atoms with Crippen LogP contribution < -0.4 is 20.0 Å².